The number of halogens is 2. The number of carbonyl (C=O) groups excluding carboxylic acids is 1. The lowest BCUT2D eigenvalue weighted by atomic mass is 10.2. The lowest BCUT2D eigenvalue weighted by Gasteiger charge is -2.17. The van der Waals surface area contributed by atoms with E-state index in [4.69, 9.17) is 11.6 Å². The van der Waals surface area contributed by atoms with Crippen molar-refractivity contribution in [1.29, 1.82) is 0 Å². The predicted octanol–water partition coefficient (Wildman–Crippen LogP) is 3.76. The summed E-state index contributed by atoms with van der Waals surface area (Å²) in [5.41, 5.74) is 1.03. The molecule has 0 heterocycles. The van der Waals surface area contributed by atoms with Crippen LogP contribution in [0.4, 0.5) is 10.1 Å². The van der Waals surface area contributed by atoms with Gasteiger partial charge in [0, 0.05) is 12.7 Å². The zero-order chi connectivity index (χ0) is 13.1. The van der Waals surface area contributed by atoms with E-state index < -0.39 is 0 Å². The fourth-order valence-electron chi connectivity index (χ4n) is 1.60. The number of hydrogen-bond donors (Lipinski definition) is 0. The van der Waals surface area contributed by atoms with Gasteiger partial charge in [-0.3, -0.25) is 4.79 Å². The number of rotatable bonds is 2. The SMILES string of the molecule is CN(C(=O)c1ccccc1Cl)c1ccc(F)cc1. The molecule has 2 aromatic carbocycles. The van der Waals surface area contributed by atoms with Crippen LogP contribution in [0.3, 0.4) is 0 Å². The van der Waals surface area contributed by atoms with E-state index in [2.05, 4.69) is 0 Å². The fourth-order valence-corrected chi connectivity index (χ4v) is 1.81. The van der Waals surface area contributed by atoms with Crippen LogP contribution in [-0.4, -0.2) is 13.0 Å². The molecule has 0 unspecified atom stereocenters. The molecule has 0 aromatic heterocycles. The van der Waals surface area contributed by atoms with E-state index in [9.17, 15) is 9.18 Å². The minimum Gasteiger partial charge on any atom is -0.311 e. The minimum atomic E-state index is -0.336. The van der Waals surface area contributed by atoms with E-state index in [-0.39, 0.29) is 11.7 Å². The average molecular weight is 264 g/mol. The lowest BCUT2D eigenvalue weighted by molar-refractivity contribution is 0.0993. The maximum Gasteiger partial charge on any atom is 0.259 e. The van der Waals surface area contributed by atoms with Crippen molar-refractivity contribution in [2.24, 2.45) is 0 Å². The topological polar surface area (TPSA) is 20.3 Å². The highest BCUT2D eigenvalue weighted by Crippen LogP contribution is 2.20. The van der Waals surface area contributed by atoms with Gasteiger partial charge in [-0.15, -0.1) is 0 Å². The third kappa shape index (κ3) is 2.51. The maximum atomic E-state index is 12.8. The largest absolute Gasteiger partial charge is 0.311 e. The average Bonchev–Trinajstić information content (AvgIpc) is 2.38. The van der Waals surface area contributed by atoms with E-state index in [1.807, 2.05) is 0 Å². The van der Waals surface area contributed by atoms with Crippen LogP contribution in [0.5, 0.6) is 0 Å². The Morgan fingerprint density at radius 1 is 1.11 bits per heavy atom. The fraction of sp³-hybridized carbons (Fsp3) is 0.0714. The molecule has 0 spiro atoms. The Hall–Kier alpha value is -1.87. The summed E-state index contributed by atoms with van der Waals surface area (Å²) in [5, 5.41) is 0.400. The number of benzene rings is 2. The molecule has 2 rings (SSSR count). The minimum absolute atomic E-state index is 0.229. The van der Waals surface area contributed by atoms with Crippen LogP contribution >= 0.6 is 11.6 Å². The number of nitrogens with zero attached hydrogens (tertiary/aromatic N) is 1. The van der Waals surface area contributed by atoms with Crippen molar-refractivity contribution in [2.45, 2.75) is 0 Å². The Morgan fingerprint density at radius 2 is 1.72 bits per heavy atom. The third-order valence-electron chi connectivity index (χ3n) is 2.62. The molecule has 92 valence electrons. The van der Waals surface area contributed by atoms with Crippen molar-refractivity contribution >= 4 is 23.2 Å². The first-order chi connectivity index (χ1) is 8.59. The number of carbonyl (C=O) groups is 1. The number of hydrogen-bond acceptors (Lipinski definition) is 1. The first-order valence-corrected chi connectivity index (χ1v) is 5.75. The summed E-state index contributed by atoms with van der Waals surface area (Å²) in [6, 6.07) is 12.5. The van der Waals surface area contributed by atoms with Crippen molar-refractivity contribution in [3.63, 3.8) is 0 Å². The van der Waals surface area contributed by atoms with Gasteiger partial charge in [0.15, 0.2) is 0 Å². The molecule has 2 nitrogen and oxygen atoms in total. The summed E-state index contributed by atoms with van der Waals surface area (Å²) in [5.74, 6) is -0.565. The van der Waals surface area contributed by atoms with E-state index in [1.54, 1.807) is 43.4 Å². The molecule has 0 bridgehead atoms. The van der Waals surface area contributed by atoms with Gasteiger partial charge < -0.3 is 4.90 Å². The molecular weight excluding hydrogens is 253 g/mol. The molecule has 0 atom stereocenters. The first kappa shape index (κ1) is 12.6. The molecule has 0 aliphatic carbocycles. The van der Waals surface area contributed by atoms with Gasteiger partial charge in [-0.05, 0) is 36.4 Å². The second-order valence-electron chi connectivity index (χ2n) is 3.82. The Labute approximate surface area is 110 Å². The highest BCUT2D eigenvalue weighted by Gasteiger charge is 2.15. The van der Waals surface area contributed by atoms with Crippen LogP contribution in [0.2, 0.25) is 5.02 Å². The first-order valence-electron chi connectivity index (χ1n) is 5.38. The van der Waals surface area contributed by atoms with Gasteiger partial charge in [-0.2, -0.15) is 0 Å². The molecular formula is C14H11ClFNO. The summed E-state index contributed by atoms with van der Waals surface area (Å²) < 4.78 is 12.8. The smallest absolute Gasteiger partial charge is 0.259 e. The molecule has 4 heteroatoms. The molecule has 0 aliphatic rings. The van der Waals surface area contributed by atoms with Crippen molar-refractivity contribution in [3.8, 4) is 0 Å². The van der Waals surface area contributed by atoms with Crippen LogP contribution in [0.25, 0.3) is 0 Å². The van der Waals surface area contributed by atoms with Crippen LogP contribution < -0.4 is 4.90 Å². The predicted molar refractivity (Wildman–Crippen MR) is 70.6 cm³/mol. The van der Waals surface area contributed by atoms with Crippen LogP contribution in [-0.2, 0) is 0 Å². The highest BCUT2D eigenvalue weighted by molar-refractivity contribution is 6.34. The van der Waals surface area contributed by atoms with Crippen molar-refractivity contribution in [3.05, 3.63) is 64.9 Å². The Kier molecular flexibility index (Phi) is 3.63. The van der Waals surface area contributed by atoms with E-state index in [0.29, 0.717) is 16.3 Å². The molecule has 2 aromatic rings. The monoisotopic (exact) mass is 263 g/mol. The summed E-state index contributed by atoms with van der Waals surface area (Å²) in [4.78, 5) is 13.6. The van der Waals surface area contributed by atoms with Gasteiger partial charge in [-0.1, -0.05) is 23.7 Å². The van der Waals surface area contributed by atoms with E-state index in [0.717, 1.165) is 0 Å². The van der Waals surface area contributed by atoms with Gasteiger partial charge in [0.05, 0.1) is 10.6 Å². The van der Waals surface area contributed by atoms with Gasteiger partial charge in [-0.25, -0.2) is 4.39 Å². The second kappa shape index (κ2) is 5.19. The molecule has 1 amide bonds. The Balaban J connectivity index is 2.29. The summed E-state index contributed by atoms with van der Waals surface area (Å²) in [7, 11) is 1.62. The second-order valence-corrected chi connectivity index (χ2v) is 4.23. The number of anilines is 1. The van der Waals surface area contributed by atoms with Crippen LogP contribution in [0, 0.1) is 5.82 Å². The Bertz CT molecular complexity index is 568. The normalized spacial score (nSPS) is 10.2. The zero-order valence-corrected chi connectivity index (χ0v) is 10.5. The van der Waals surface area contributed by atoms with Gasteiger partial charge in [0.1, 0.15) is 5.82 Å². The van der Waals surface area contributed by atoms with Crippen molar-refractivity contribution in [1.82, 2.24) is 0 Å². The van der Waals surface area contributed by atoms with E-state index >= 15 is 0 Å². The molecule has 0 fully saturated rings. The third-order valence-corrected chi connectivity index (χ3v) is 2.95. The Morgan fingerprint density at radius 3 is 2.33 bits per heavy atom. The molecule has 0 saturated carbocycles. The zero-order valence-electron chi connectivity index (χ0n) is 9.73. The van der Waals surface area contributed by atoms with E-state index in [1.165, 1.54) is 17.0 Å². The molecule has 0 aliphatic heterocycles. The van der Waals surface area contributed by atoms with Crippen molar-refractivity contribution in [2.75, 3.05) is 11.9 Å². The maximum absolute atomic E-state index is 12.8. The molecule has 0 radical (unpaired) electrons. The van der Waals surface area contributed by atoms with Crippen LogP contribution in [0.1, 0.15) is 10.4 Å². The van der Waals surface area contributed by atoms with Crippen LogP contribution in [0.15, 0.2) is 48.5 Å². The quantitative estimate of drug-likeness (QED) is 0.808. The standard InChI is InChI=1S/C14H11ClFNO/c1-17(11-8-6-10(16)7-9-11)14(18)12-4-2-3-5-13(12)15/h2-9H,1H3. The summed E-state index contributed by atoms with van der Waals surface area (Å²) in [6.45, 7) is 0. The molecule has 0 saturated heterocycles. The van der Waals surface area contributed by atoms with Gasteiger partial charge in [0.2, 0.25) is 0 Å². The summed E-state index contributed by atoms with van der Waals surface area (Å²) >= 11 is 5.97. The van der Waals surface area contributed by atoms with Crippen molar-refractivity contribution < 1.29 is 9.18 Å². The molecule has 0 N–H and O–H groups in total. The molecule has 18 heavy (non-hydrogen) atoms. The lowest BCUT2D eigenvalue weighted by Crippen LogP contribution is -2.26. The number of amides is 1. The summed E-state index contributed by atoms with van der Waals surface area (Å²) in [6.07, 6.45) is 0. The van der Waals surface area contributed by atoms with Gasteiger partial charge >= 0.3 is 0 Å². The highest BCUT2D eigenvalue weighted by atomic mass is 35.5. The van der Waals surface area contributed by atoms with Gasteiger partial charge in [0.25, 0.3) is 5.91 Å².